The van der Waals surface area contributed by atoms with E-state index < -0.39 is 12.0 Å². The second kappa shape index (κ2) is 4.55. The molecule has 0 bridgehead atoms. The van der Waals surface area contributed by atoms with Gasteiger partial charge < -0.3 is 9.84 Å². The number of aliphatic hydroxyl groups is 1. The van der Waals surface area contributed by atoms with E-state index >= 15 is 0 Å². The van der Waals surface area contributed by atoms with Crippen LogP contribution >= 0.6 is 0 Å². The first kappa shape index (κ1) is 11.6. The van der Waals surface area contributed by atoms with Gasteiger partial charge in [-0.1, -0.05) is 0 Å². The summed E-state index contributed by atoms with van der Waals surface area (Å²) in [6, 6.07) is 6.51. The van der Waals surface area contributed by atoms with E-state index in [1.165, 1.54) is 7.11 Å². The van der Waals surface area contributed by atoms with E-state index in [1.54, 1.807) is 24.3 Å². The Hall–Kier alpha value is -1.88. The summed E-state index contributed by atoms with van der Waals surface area (Å²) >= 11 is 0. The minimum Gasteiger partial charge on any atom is -0.497 e. The van der Waals surface area contributed by atoms with Crippen molar-refractivity contribution in [2.45, 2.75) is 12.5 Å². The van der Waals surface area contributed by atoms with Gasteiger partial charge in [-0.3, -0.25) is 14.5 Å². The first-order valence-corrected chi connectivity index (χ1v) is 5.31. The monoisotopic (exact) mass is 235 g/mol. The highest BCUT2D eigenvalue weighted by atomic mass is 16.5. The lowest BCUT2D eigenvalue weighted by molar-refractivity contribution is -0.132. The molecule has 1 heterocycles. The van der Waals surface area contributed by atoms with Gasteiger partial charge in [0.2, 0.25) is 0 Å². The highest BCUT2D eigenvalue weighted by molar-refractivity contribution is 6.06. The number of imide groups is 1. The number of rotatable bonds is 2. The Balaban J connectivity index is 2.17. The fourth-order valence-corrected chi connectivity index (χ4v) is 1.76. The normalized spacial score (nSPS) is 19.5. The molecule has 1 saturated heterocycles. The molecule has 1 atom stereocenters. The molecular weight excluding hydrogens is 222 g/mol. The lowest BCUT2D eigenvalue weighted by Crippen LogP contribution is -2.35. The average molecular weight is 235 g/mol. The highest BCUT2D eigenvalue weighted by Crippen LogP contribution is 2.17. The standard InChI is InChI=1S/C12H13NO4/c1-17-9-4-2-8(3-5-9)11(15)13-7-6-10(14)12(13)16/h2-5,10,14H,6-7H2,1H3/t10-/m0/s1. The lowest BCUT2D eigenvalue weighted by Gasteiger charge is -2.13. The van der Waals surface area contributed by atoms with Crippen LogP contribution in [0.25, 0.3) is 0 Å². The third-order valence-electron chi connectivity index (χ3n) is 2.76. The van der Waals surface area contributed by atoms with E-state index in [4.69, 9.17) is 4.74 Å². The molecule has 1 aliphatic heterocycles. The van der Waals surface area contributed by atoms with Gasteiger partial charge in [-0.15, -0.1) is 0 Å². The molecular formula is C12H13NO4. The van der Waals surface area contributed by atoms with E-state index in [1.807, 2.05) is 0 Å². The van der Waals surface area contributed by atoms with Crippen molar-refractivity contribution in [2.24, 2.45) is 0 Å². The smallest absolute Gasteiger partial charge is 0.260 e. The van der Waals surface area contributed by atoms with E-state index in [9.17, 15) is 14.7 Å². The van der Waals surface area contributed by atoms with Crippen molar-refractivity contribution < 1.29 is 19.4 Å². The summed E-state index contributed by atoms with van der Waals surface area (Å²) in [6.07, 6.45) is -0.738. The fourth-order valence-electron chi connectivity index (χ4n) is 1.76. The van der Waals surface area contributed by atoms with Crippen LogP contribution in [0.5, 0.6) is 5.75 Å². The maximum Gasteiger partial charge on any atom is 0.260 e. The van der Waals surface area contributed by atoms with Crippen LogP contribution in [0.4, 0.5) is 0 Å². The Kier molecular flexibility index (Phi) is 3.10. The van der Waals surface area contributed by atoms with Crippen molar-refractivity contribution in [1.29, 1.82) is 0 Å². The topological polar surface area (TPSA) is 66.8 Å². The first-order chi connectivity index (χ1) is 8.13. The van der Waals surface area contributed by atoms with Gasteiger partial charge in [0, 0.05) is 18.5 Å². The van der Waals surface area contributed by atoms with Crippen LogP contribution in [-0.4, -0.2) is 41.6 Å². The average Bonchev–Trinajstić information content (AvgIpc) is 2.69. The molecule has 1 aromatic rings. The summed E-state index contributed by atoms with van der Waals surface area (Å²) in [7, 11) is 1.54. The Bertz CT molecular complexity index is 440. The zero-order chi connectivity index (χ0) is 12.4. The van der Waals surface area contributed by atoms with E-state index in [-0.39, 0.29) is 12.5 Å². The molecule has 5 nitrogen and oxygen atoms in total. The van der Waals surface area contributed by atoms with Crippen molar-refractivity contribution in [3.63, 3.8) is 0 Å². The molecule has 2 amide bonds. The van der Waals surface area contributed by atoms with Gasteiger partial charge in [-0.25, -0.2) is 0 Å². The molecule has 17 heavy (non-hydrogen) atoms. The van der Waals surface area contributed by atoms with Crippen LogP contribution in [0.1, 0.15) is 16.8 Å². The molecule has 1 fully saturated rings. The zero-order valence-corrected chi connectivity index (χ0v) is 9.42. The first-order valence-electron chi connectivity index (χ1n) is 5.31. The number of aliphatic hydroxyl groups excluding tert-OH is 1. The number of nitrogens with zero attached hydrogens (tertiary/aromatic N) is 1. The Morgan fingerprint density at radius 3 is 2.53 bits per heavy atom. The number of carbonyl (C=O) groups excluding carboxylic acids is 2. The summed E-state index contributed by atoms with van der Waals surface area (Å²) < 4.78 is 4.98. The van der Waals surface area contributed by atoms with Crippen LogP contribution in [0.3, 0.4) is 0 Å². The van der Waals surface area contributed by atoms with Crippen molar-refractivity contribution in [3.05, 3.63) is 29.8 Å². The molecule has 1 N–H and O–H groups in total. The predicted molar refractivity (Wildman–Crippen MR) is 59.7 cm³/mol. The van der Waals surface area contributed by atoms with Crippen LogP contribution in [0.2, 0.25) is 0 Å². The van der Waals surface area contributed by atoms with Crippen LogP contribution in [-0.2, 0) is 4.79 Å². The summed E-state index contributed by atoms with van der Waals surface area (Å²) in [6.45, 7) is 0.269. The summed E-state index contributed by atoms with van der Waals surface area (Å²) in [5.41, 5.74) is 0.410. The molecule has 1 aliphatic rings. The maximum atomic E-state index is 12.0. The molecule has 0 aromatic heterocycles. The Labute approximate surface area is 98.6 Å². The molecule has 0 spiro atoms. The number of ether oxygens (including phenoxy) is 1. The van der Waals surface area contributed by atoms with Crippen molar-refractivity contribution >= 4 is 11.8 Å². The van der Waals surface area contributed by atoms with Gasteiger partial charge in [0.05, 0.1) is 7.11 Å². The third-order valence-corrected chi connectivity index (χ3v) is 2.76. The Morgan fingerprint density at radius 2 is 2.06 bits per heavy atom. The van der Waals surface area contributed by atoms with Gasteiger partial charge in [0.25, 0.3) is 11.8 Å². The fraction of sp³-hybridized carbons (Fsp3) is 0.333. The molecule has 2 rings (SSSR count). The summed E-state index contributed by atoms with van der Waals surface area (Å²) in [4.78, 5) is 24.5. The minimum atomic E-state index is -1.04. The number of methoxy groups -OCH3 is 1. The van der Waals surface area contributed by atoms with E-state index in [0.29, 0.717) is 17.7 Å². The second-order valence-electron chi connectivity index (χ2n) is 3.83. The molecule has 0 aliphatic carbocycles. The maximum absolute atomic E-state index is 12.0. The van der Waals surface area contributed by atoms with Gasteiger partial charge in [0.1, 0.15) is 11.9 Å². The van der Waals surface area contributed by atoms with Crippen molar-refractivity contribution in [2.75, 3.05) is 13.7 Å². The van der Waals surface area contributed by atoms with Crippen LogP contribution in [0, 0.1) is 0 Å². The van der Waals surface area contributed by atoms with Crippen molar-refractivity contribution in [1.82, 2.24) is 4.90 Å². The van der Waals surface area contributed by atoms with Gasteiger partial charge >= 0.3 is 0 Å². The number of carbonyl (C=O) groups is 2. The zero-order valence-electron chi connectivity index (χ0n) is 9.42. The molecule has 5 heteroatoms. The van der Waals surface area contributed by atoms with E-state index in [0.717, 1.165) is 4.90 Å². The molecule has 0 unspecified atom stereocenters. The SMILES string of the molecule is COc1ccc(C(=O)N2CC[C@H](O)C2=O)cc1. The lowest BCUT2D eigenvalue weighted by atomic mass is 10.2. The molecule has 1 aromatic carbocycles. The minimum absolute atomic E-state index is 0.269. The quantitative estimate of drug-likeness (QED) is 0.755. The van der Waals surface area contributed by atoms with Crippen LogP contribution < -0.4 is 4.74 Å². The summed E-state index contributed by atoms with van der Waals surface area (Å²) in [5.74, 6) is -0.255. The van der Waals surface area contributed by atoms with E-state index in [2.05, 4.69) is 0 Å². The van der Waals surface area contributed by atoms with Gasteiger partial charge in [0.15, 0.2) is 0 Å². The Morgan fingerprint density at radius 1 is 1.41 bits per heavy atom. The number of benzene rings is 1. The van der Waals surface area contributed by atoms with Gasteiger partial charge in [-0.2, -0.15) is 0 Å². The summed E-state index contributed by atoms with van der Waals surface area (Å²) in [5, 5.41) is 9.28. The molecule has 0 radical (unpaired) electrons. The van der Waals surface area contributed by atoms with Crippen molar-refractivity contribution in [3.8, 4) is 5.75 Å². The number of hydrogen-bond acceptors (Lipinski definition) is 4. The highest BCUT2D eigenvalue weighted by Gasteiger charge is 2.34. The molecule has 90 valence electrons. The number of hydrogen-bond donors (Lipinski definition) is 1. The largest absolute Gasteiger partial charge is 0.497 e. The second-order valence-corrected chi connectivity index (χ2v) is 3.83. The predicted octanol–water partition coefficient (Wildman–Crippen LogP) is 0.429. The third kappa shape index (κ3) is 2.14. The number of amides is 2. The van der Waals surface area contributed by atoms with Crippen LogP contribution in [0.15, 0.2) is 24.3 Å². The number of likely N-dealkylation sites (tertiary alicyclic amines) is 1. The van der Waals surface area contributed by atoms with Gasteiger partial charge in [-0.05, 0) is 24.3 Å². The molecule has 0 saturated carbocycles.